The molecule has 4 heterocycles. The molecule has 0 aliphatic carbocycles. The summed E-state index contributed by atoms with van der Waals surface area (Å²) in [6.07, 6.45) is 1.25. The van der Waals surface area contributed by atoms with Crippen molar-refractivity contribution >= 4 is 45.4 Å². The van der Waals surface area contributed by atoms with Gasteiger partial charge in [0.05, 0.1) is 39.9 Å². The summed E-state index contributed by atoms with van der Waals surface area (Å²) >= 11 is 6.43. The summed E-state index contributed by atoms with van der Waals surface area (Å²) in [5, 5.41) is 5.39. The highest BCUT2D eigenvalue weighted by molar-refractivity contribution is 6.32. The number of likely N-dealkylation sites (tertiary alicyclic amines) is 1. The zero-order chi connectivity index (χ0) is 24.9. The van der Waals surface area contributed by atoms with Gasteiger partial charge in [-0.15, -0.1) is 0 Å². The minimum absolute atomic E-state index is 0.00697. The molecule has 35 heavy (non-hydrogen) atoms. The fourth-order valence-corrected chi connectivity index (χ4v) is 4.54. The third kappa shape index (κ3) is 3.85. The number of carbonyl (C=O) groups is 1. The van der Waals surface area contributed by atoms with Crippen LogP contribution in [-0.2, 0) is 11.8 Å². The Balaban J connectivity index is 1.58. The number of carbonyl (C=O) groups excluding carboxylic acids is 1. The van der Waals surface area contributed by atoms with E-state index in [4.69, 9.17) is 17.3 Å². The van der Waals surface area contributed by atoms with Crippen molar-refractivity contribution in [3.63, 3.8) is 0 Å². The van der Waals surface area contributed by atoms with Gasteiger partial charge < -0.3 is 15.2 Å². The van der Waals surface area contributed by atoms with Gasteiger partial charge in [0, 0.05) is 19.2 Å². The molecule has 0 saturated carbocycles. The lowest BCUT2D eigenvalue weighted by molar-refractivity contribution is -0.129. The second kappa shape index (κ2) is 8.63. The number of fused-ring (bicyclic) bond motifs is 2. The number of aryl methyl sites for hydroxylation is 1. The number of nitrogen functional groups attached to an aromatic ring is 1. The van der Waals surface area contributed by atoms with Crippen molar-refractivity contribution in [1.82, 2.24) is 34.2 Å². The first-order chi connectivity index (χ1) is 16.8. The predicted molar refractivity (Wildman–Crippen MR) is 127 cm³/mol. The van der Waals surface area contributed by atoms with Crippen molar-refractivity contribution in [3.8, 4) is 11.8 Å². The van der Waals surface area contributed by atoms with Crippen LogP contribution >= 0.6 is 11.6 Å². The summed E-state index contributed by atoms with van der Waals surface area (Å²) in [5.74, 6) is 5.56. The highest BCUT2D eigenvalue weighted by atomic mass is 35.5. The zero-order valence-corrected chi connectivity index (χ0v) is 19.2. The molecule has 1 fully saturated rings. The molecule has 4 aromatic rings. The Hall–Kier alpha value is -4.04. The van der Waals surface area contributed by atoms with E-state index in [9.17, 15) is 13.6 Å². The van der Waals surface area contributed by atoms with Crippen LogP contribution in [-0.4, -0.2) is 59.1 Å². The summed E-state index contributed by atoms with van der Waals surface area (Å²) in [7, 11) is 1.87. The largest absolute Gasteiger partial charge is 0.383 e. The molecule has 0 radical (unpaired) electrons. The van der Waals surface area contributed by atoms with Crippen molar-refractivity contribution in [3.05, 3.63) is 53.7 Å². The van der Waals surface area contributed by atoms with Gasteiger partial charge in [0.15, 0.2) is 5.65 Å². The van der Waals surface area contributed by atoms with Crippen LogP contribution in [0.2, 0.25) is 5.02 Å². The van der Waals surface area contributed by atoms with Gasteiger partial charge in [0.1, 0.15) is 17.8 Å². The number of hydrogen-bond donors (Lipinski definition) is 1. The predicted octanol–water partition coefficient (Wildman–Crippen LogP) is 2.94. The lowest BCUT2D eigenvalue weighted by Gasteiger charge is -2.21. The highest BCUT2D eigenvalue weighted by Gasteiger charge is 2.41. The molecule has 5 rings (SSSR count). The number of aromatic nitrogens is 6. The maximum Gasteiger partial charge on any atom is 0.258 e. The number of imidazole rings is 1. The second-order valence-electron chi connectivity index (χ2n) is 8.16. The first kappa shape index (κ1) is 22.7. The minimum Gasteiger partial charge on any atom is -0.383 e. The van der Waals surface area contributed by atoms with Crippen LogP contribution in [0.5, 0.6) is 0 Å². The molecule has 1 aliphatic heterocycles. The number of nitrogens with zero attached hydrogens (tertiary/aromatic N) is 7. The van der Waals surface area contributed by atoms with Gasteiger partial charge in [0.25, 0.3) is 6.43 Å². The van der Waals surface area contributed by atoms with Gasteiger partial charge in [-0.2, -0.15) is 5.10 Å². The Labute approximate surface area is 203 Å². The smallest absolute Gasteiger partial charge is 0.258 e. The molecule has 0 spiro atoms. The normalized spacial score (nSPS) is 17.8. The molecule has 1 amide bonds. The third-order valence-corrected chi connectivity index (χ3v) is 6.38. The molecule has 2 N–H and O–H groups in total. The van der Waals surface area contributed by atoms with Gasteiger partial charge >= 0.3 is 0 Å². The molecule has 2 atom stereocenters. The molecule has 9 nitrogen and oxygen atoms in total. The topological polar surface area (TPSA) is 108 Å². The monoisotopic (exact) mass is 496 g/mol. The summed E-state index contributed by atoms with van der Waals surface area (Å²) in [6.45, 7) is 3.44. The Bertz CT molecular complexity index is 1550. The number of anilines is 1. The number of halogens is 3. The molecule has 1 saturated heterocycles. The van der Waals surface area contributed by atoms with Crippen molar-refractivity contribution in [1.29, 1.82) is 0 Å². The number of hydrogen-bond acceptors (Lipinski definition) is 6. The highest BCUT2D eigenvalue weighted by Crippen LogP contribution is 2.34. The second-order valence-corrected chi connectivity index (χ2v) is 8.57. The molecular formula is C23H19ClF2N8O. The summed E-state index contributed by atoms with van der Waals surface area (Å²) in [5.41, 5.74) is 8.86. The van der Waals surface area contributed by atoms with E-state index in [1.807, 2.05) is 11.6 Å². The van der Waals surface area contributed by atoms with E-state index < -0.39 is 24.4 Å². The Morgan fingerprint density at radius 2 is 2.11 bits per heavy atom. The Morgan fingerprint density at radius 1 is 1.31 bits per heavy atom. The molecular weight excluding hydrogens is 478 g/mol. The number of rotatable bonds is 3. The first-order valence-electron chi connectivity index (χ1n) is 10.6. The standard InChI is InChI=1S/C23H19ClF2N8O/c1-3-19(35)33-9-13(7-18(33)21(25)26)34-23-20(22(27)28-10-29-23)15(31-34)5-4-12-6-16-17(8-14(12)24)32(2)11-30-16/h3,6,8,10-11,13,18,21H,1,7,9H2,2H3,(H2,27,28,29)/t13?,18-/m1/s1. The summed E-state index contributed by atoms with van der Waals surface area (Å²) in [4.78, 5) is 25.9. The fraction of sp³-hybridized carbons (Fsp3) is 0.261. The van der Waals surface area contributed by atoms with E-state index in [0.29, 0.717) is 21.6 Å². The minimum atomic E-state index is -2.71. The van der Waals surface area contributed by atoms with Crippen LogP contribution in [0.25, 0.3) is 22.1 Å². The maximum atomic E-state index is 13.7. The molecule has 0 bridgehead atoms. The number of amides is 1. The number of nitrogens with two attached hydrogens (primary N) is 1. The van der Waals surface area contributed by atoms with Gasteiger partial charge in [-0.25, -0.2) is 28.4 Å². The molecule has 1 aliphatic rings. The fourth-order valence-electron chi connectivity index (χ4n) is 4.34. The van der Waals surface area contributed by atoms with Crippen LogP contribution < -0.4 is 5.73 Å². The van der Waals surface area contributed by atoms with Crippen molar-refractivity contribution < 1.29 is 13.6 Å². The first-order valence-corrected chi connectivity index (χ1v) is 11.0. The lowest BCUT2D eigenvalue weighted by Crippen LogP contribution is -2.38. The molecule has 178 valence electrons. The van der Waals surface area contributed by atoms with Crippen molar-refractivity contribution in [2.75, 3.05) is 12.3 Å². The summed E-state index contributed by atoms with van der Waals surface area (Å²) in [6, 6.07) is 1.73. The Morgan fingerprint density at radius 3 is 2.86 bits per heavy atom. The zero-order valence-electron chi connectivity index (χ0n) is 18.5. The van der Waals surface area contributed by atoms with Gasteiger partial charge in [-0.05, 0) is 30.6 Å². The number of alkyl halides is 2. The quantitative estimate of drug-likeness (QED) is 0.345. The van der Waals surface area contributed by atoms with Gasteiger partial charge in [0.2, 0.25) is 5.91 Å². The Kier molecular flexibility index (Phi) is 5.61. The van der Waals surface area contributed by atoms with Crippen LogP contribution in [0.4, 0.5) is 14.6 Å². The van der Waals surface area contributed by atoms with Crippen molar-refractivity contribution in [2.45, 2.75) is 24.9 Å². The number of benzene rings is 1. The molecule has 12 heteroatoms. The van der Waals surface area contributed by atoms with E-state index >= 15 is 0 Å². The van der Waals surface area contributed by atoms with Gasteiger partial charge in [-0.1, -0.05) is 24.1 Å². The average molecular weight is 497 g/mol. The average Bonchev–Trinajstić information content (AvgIpc) is 3.53. The van der Waals surface area contributed by atoms with Crippen LogP contribution in [0.15, 0.2) is 37.4 Å². The van der Waals surface area contributed by atoms with Gasteiger partial charge in [-0.3, -0.25) is 4.79 Å². The van der Waals surface area contributed by atoms with Crippen LogP contribution in [0, 0.1) is 11.8 Å². The van der Waals surface area contributed by atoms with E-state index in [1.165, 1.54) is 11.0 Å². The molecule has 3 aromatic heterocycles. The van der Waals surface area contributed by atoms with E-state index in [-0.39, 0.29) is 24.5 Å². The van der Waals surface area contributed by atoms with E-state index in [2.05, 4.69) is 38.5 Å². The third-order valence-electron chi connectivity index (χ3n) is 6.06. The lowest BCUT2D eigenvalue weighted by atomic mass is 10.1. The maximum absolute atomic E-state index is 13.7. The van der Waals surface area contributed by atoms with Crippen LogP contribution in [0.3, 0.4) is 0 Å². The SMILES string of the molecule is C=CC(=O)N1CC(n2nc(C#Cc3cc4ncn(C)c4cc3Cl)c3c(N)ncnc32)C[C@@H]1C(F)F. The van der Waals surface area contributed by atoms with E-state index in [0.717, 1.165) is 22.0 Å². The molecule has 1 unspecified atom stereocenters. The van der Waals surface area contributed by atoms with E-state index in [1.54, 1.807) is 18.5 Å². The van der Waals surface area contributed by atoms with Crippen molar-refractivity contribution in [2.24, 2.45) is 7.05 Å². The summed E-state index contributed by atoms with van der Waals surface area (Å²) < 4.78 is 30.7. The van der Waals surface area contributed by atoms with Crippen LogP contribution in [0.1, 0.15) is 23.7 Å². The molecule has 1 aromatic carbocycles.